The molecule has 0 atom stereocenters. The van der Waals surface area contributed by atoms with Crippen molar-refractivity contribution >= 4 is 16.5 Å². The van der Waals surface area contributed by atoms with Crippen LogP contribution in [0.2, 0.25) is 0 Å². The van der Waals surface area contributed by atoms with Gasteiger partial charge in [0.05, 0.1) is 0 Å². The molecular formula is C10H8N4S. The number of nitriles is 1. The fraction of sp³-hybridized carbons (Fsp3) is 0.100. The zero-order valence-corrected chi connectivity index (χ0v) is 8.66. The second-order valence-electron chi connectivity index (χ2n) is 3.01. The Bertz CT molecular complexity index is 495. The Balaban J connectivity index is 2.15. The fourth-order valence-electron chi connectivity index (χ4n) is 1.20. The molecule has 4 nitrogen and oxygen atoms in total. The van der Waals surface area contributed by atoms with Crippen molar-refractivity contribution in [3.8, 4) is 6.07 Å². The molecule has 2 heterocycles. The highest BCUT2D eigenvalue weighted by molar-refractivity contribution is 7.15. The maximum Gasteiger partial charge on any atom is 0.180 e. The molecule has 5 heteroatoms. The summed E-state index contributed by atoms with van der Waals surface area (Å²) in [5.41, 5.74) is 7.01. The topological polar surface area (TPSA) is 75.6 Å². The van der Waals surface area contributed by atoms with Gasteiger partial charge in [0.1, 0.15) is 11.8 Å². The van der Waals surface area contributed by atoms with Gasteiger partial charge in [-0.2, -0.15) is 5.26 Å². The number of anilines is 1. The van der Waals surface area contributed by atoms with Crippen LogP contribution in [-0.2, 0) is 6.42 Å². The van der Waals surface area contributed by atoms with Crippen molar-refractivity contribution in [3.63, 3.8) is 0 Å². The molecule has 0 radical (unpaired) electrons. The molecule has 2 aromatic rings. The highest BCUT2D eigenvalue weighted by atomic mass is 32.1. The zero-order valence-electron chi connectivity index (χ0n) is 7.84. The Morgan fingerprint density at radius 3 is 2.73 bits per heavy atom. The Morgan fingerprint density at radius 1 is 1.33 bits per heavy atom. The maximum absolute atomic E-state index is 8.58. The van der Waals surface area contributed by atoms with E-state index in [4.69, 9.17) is 11.0 Å². The lowest BCUT2D eigenvalue weighted by Crippen LogP contribution is -1.88. The smallest absolute Gasteiger partial charge is 0.180 e. The number of nitrogens with two attached hydrogens (primary N) is 1. The predicted octanol–water partition coefficient (Wildman–Crippen LogP) is 1.58. The van der Waals surface area contributed by atoms with Crippen LogP contribution in [0.1, 0.15) is 16.1 Å². The van der Waals surface area contributed by atoms with Crippen LogP contribution < -0.4 is 5.73 Å². The van der Waals surface area contributed by atoms with Crippen molar-refractivity contribution in [2.24, 2.45) is 0 Å². The number of nitrogen functional groups attached to an aromatic ring is 1. The van der Waals surface area contributed by atoms with E-state index in [0.717, 1.165) is 16.9 Å². The number of pyridine rings is 1. The lowest BCUT2D eigenvalue weighted by atomic mass is 10.2. The van der Waals surface area contributed by atoms with Crippen LogP contribution in [0, 0.1) is 11.3 Å². The Kier molecular flexibility index (Phi) is 2.61. The van der Waals surface area contributed by atoms with Crippen molar-refractivity contribution in [1.82, 2.24) is 9.97 Å². The summed E-state index contributed by atoms with van der Waals surface area (Å²) in [6.45, 7) is 0. The van der Waals surface area contributed by atoms with Crippen LogP contribution in [0.5, 0.6) is 0 Å². The van der Waals surface area contributed by atoms with Crippen LogP contribution in [0.4, 0.5) is 5.13 Å². The number of thiazole rings is 1. The van der Waals surface area contributed by atoms with Gasteiger partial charge in [-0.05, 0) is 11.6 Å². The molecule has 0 spiro atoms. The van der Waals surface area contributed by atoms with Crippen molar-refractivity contribution in [3.05, 3.63) is 40.7 Å². The Hall–Kier alpha value is -1.93. The molecule has 0 amide bonds. The number of hydrogen-bond acceptors (Lipinski definition) is 5. The number of nitrogens with zero attached hydrogens (tertiary/aromatic N) is 3. The van der Waals surface area contributed by atoms with Gasteiger partial charge in [-0.3, -0.25) is 0 Å². The summed E-state index contributed by atoms with van der Waals surface area (Å²) < 4.78 is 0. The molecule has 0 fully saturated rings. The van der Waals surface area contributed by atoms with Gasteiger partial charge >= 0.3 is 0 Å². The number of hydrogen-bond donors (Lipinski definition) is 1. The molecule has 0 saturated heterocycles. The third-order valence-electron chi connectivity index (χ3n) is 1.89. The number of aromatic nitrogens is 2. The van der Waals surface area contributed by atoms with Crippen LogP contribution in [0.15, 0.2) is 24.5 Å². The van der Waals surface area contributed by atoms with Gasteiger partial charge in [0, 0.05) is 23.7 Å². The minimum atomic E-state index is 0.433. The lowest BCUT2D eigenvalue weighted by Gasteiger charge is -1.96. The molecule has 74 valence electrons. The van der Waals surface area contributed by atoms with Gasteiger partial charge in [-0.25, -0.2) is 9.97 Å². The Morgan fingerprint density at radius 2 is 2.20 bits per heavy atom. The average molecular weight is 216 g/mol. The van der Waals surface area contributed by atoms with Crippen LogP contribution in [0.25, 0.3) is 0 Å². The molecule has 2 aromatic heterocycles. The second kappa shape index (κ2) is 4.07. The predicted molar refractivity (Wildman–Crippen MR) is 58.3 cm³/mol. The summed E-state index contributed by atoms with van der Waals surface area (Å²) in [4.78, 5) is 9.06. The monoisotopic (exact) mass is 216 g/mol. The first-order valence-corrected chi connectivity index (χ1v) is 5.15. The summed E-state index contributed by atoms with van der Waals surface area (Å²) in [5, 5.41) is 9.16. The minimum absolute atomic E-state index is 0.433. The highest BCUT2D eigenvalue weighted by Crippen LogP contribution is 2.17. The first-order valence-electron chi connectivity index (χ1n) is 4.33. The first kappa shape index (κ1) is 9.62. The van der Waals surface area contributed by atoms with Crippen LogP contribution in [-0.4, -0.2) is 9.97 Å². The molecule has 0 unspecified atom stereocenters. The van der Waals surface area contributed by atoms with Crippen molar-refractivity contribution in [1.29, 1.82) is 5.26 Å². The SMILES string of the molecule is N#Cc1ccc(Cc2cnc(N)s2)cn1. The summed E-state index contributed by atoms with van der Waals surface area (Å²) in [6, 6.07) is 5.58. The van der Waals surface area contributed by atoms with E-state index in [1.807, 2.05) is 12.1 Å². The fourth-order valence-corrected chi connectivity index (χ4v) is 1.92. The van der Waals surface area contributed by atoms with E-state index in [1.165, 1.54) is 11.3 Å². The summed E-state index contributed by atoms with van der Waals surface area (Å²) in [5.74, 6) is 0. The normalized spacial score (nSPS) is 9.80. The van der Waals surface area contributed by atoms with Gasteiger partial charge in [0.2, 0.25) is 0 Å². The van der Waals surface area contributed by atoms with E-state index in [2.05, 4.69) is 9.97 Å². The maximum atomic E-state index is 8.58. The van der Waals surface area contributed by atoms with E-state index in [9.17, 15) is 0 Å². The summed E-state index contributed by atoms with van der Waals surface area (Å²) >= 11 is 1.47. The van der Waals surface area contributed by atoms with Gasteiger partial charge < -0.3 is 5.73 Å². The highest BCUT2D eigenvalue weighted by Gasteiger charge is 2.01. The molecule has 0 aliphatic carbocycles. The molecule has 0 saturated carbocycles. The first-order chi connectivity index (χ1) is 7.28. The molecule has 2 N–H and O–H groups in total. The third kappa shape index (κ3) is 2.30. The van der Waals surface area contributed by atoms with Crippen LogP contribution >= 0.6 is 11.3 Å². The van der Waals surface area contributed by atoms with Gasteiger partial charge in [0.15, 0.2) is 5.13 Å². The van der Waals surface area contributed by atoms with E-state index < -0.39 is 0 Å². The third-order valence-corrected chi connectivity index (χ3v) is 2.72. The van der Waals surface area contributed by atoms with Crippen LogP contribution in [0.3, 0.4) is 0 Å². The minimum Gasteiger partial charge on any atom is -0.375 e. The molecule has 0 aliphatic rings. The van der Waals surface area contributed by atoms with E-state index >= 15 is 0 Å². The Labute approximate surface area is 91.0 Å². The summed E-state index contributed by atoms with van der Waals surface area (Å²) in [6.07, 6.45) is 4.22. The lowest BCUT2D eigenvalue weighted by molar-refractivity contribution is 1.15. The standard InChI is InChI=1S/C10H8N4S/c11-4-8-2-1-7(5-13-8)3-9-6-14-10(12)15-9/h1-2,5-6H,3H2,(H2,12,14). The van der Waals surface area contributed by atoms with E-state index in [1.54, 1.807) is 18.5 Å². The zero-order chi connectivity index (χ0) is 10.7. The molecule has 0 bridgehead atoms. The molecule has 0 aromatic carbocycles. The molecule has 15 heavy (non-hydrogen) atoms. The van der Waals surface area contributed by atoms with Gasteiger partial charge in [-0.1, -0.05) is 6.07 Å². The van der Waals surface area contributed by atoms with Gasteiger partial charge in [-0.15, -0.1) is 11.3 Å². The quantitative estimate of drug-likeness (QED) is 0.827. The largest absolute Gasteiger partial charge is 0.375 e. The summed E-state index contributed by atoms with van der Waals surface area (Å²) in [7, 11) is 0. The van der Waals surface area contributed by atoms with Crippen molar-refractivity contribution < 1.29 is 0 Å². The van der Waals surface area contributed by atoms with Crippen molar-refractivity contribution in [2.75, 3.05) is 5.73 Å². The molecular weight excluding hydrogens is 208 g/mol. The molecule has 2 rings (SSSR count). The van der Waals surface area contributed by atoms with Crippen molar-refractivity contribution in [2.45, 2.75) is 6.42 Å². The van der Waals surface area contributed by atoms with E-state index in [-0.39, 0.29) is 0 Å². The second-order valence-corrected chi connectivity index (χ2v) is 4.15. The average Bonchev–Trinajstić information content (AvgIpc) is 2.65. The van der Waals surface area contributed by atoms with E-state index in [0.29, 0.717) is 10.8 Å². The molecule has 0 aliphatic heterocycles. The number of rotatable bonds is 2. The van der Waals surface area contributed by atoms with Gasteiger partial charge in [0.25, 0.3) is 0 Å².